The van der Waals surface area contributed by atoms with Gasteiger partial charge in [0.1, 0.15) is 0 Å². The lowest BCUT2D eigenvalue weighted by molar-refractivity contribution is 0.259. The second-order valence-electron chi connectivity index (χ2n) is 3.88. The van der Waals surface area contributed by atoms with Crippen LogP contribution < -0.4 is 5.32 Å². The van der Waals surface area contributed by atoms with Crippen LogP contribution in [0.15, 0.2) is 4.99 Å². The maximum Gasteiger partial charge on any atom is 0.157 e. The van der Waals surface area contributed by atoms with E-state index in [1.54, 1.807) is 0 Å². The first kappa shape index (κ1) is 8.42. The van der Waals surface area contributed by atoms with Crippen molar-refractivity contribution in [2.24, 2.45) is 10.9 Å². The Kier molecular flexibility index (Phi) is 2.31. The number of amidine groups is 1. The van der Waals surface area contributed by atoms with Crippen molar-refractivity contribution in [3.05, 3.63) is 0 Å². The first-order valence-corrected chi connectivity index (χ1v) is 5.61. The molecular formula is C9H16N2S. The molecule has 3 heteroatoms. The van der Waals surface area contributed by atoms with Gasteiger partial charge in [-0.05, 0) is 18.8 Å². The van der Waals surface area contributed by atoms with Crippen molar-refractivity contribution in [2.45, 2.75) is 38.0 Å². The number of aliphatic imine (C=N–C) groups is 1. The topological polar surface area (TPSA) is 24.4 Å². The molecule has 12 heavy (non-hydrogen) atoms. The highest BCUT2D eigenvalue weighted by molar-refractivity contribution is 8.14. The Morgan fingerprint density at radius 1 is 1.42 bits per heavy atom. The number of hydrogen-bond acceptors (Lipinski definition) is 3. The molecule has 68 valence electrons. The molecule has 1 aliphatic heterocycles. The van der Waals surface area contributed by atoms with Gasteiger partial charge in [0.05, 0.1) is 6.54 Å². The lowest BCUT2D eigenvalue weighted by atomic mass is 9.81. The zero-order chi connectivity index (χ0) is 8.55. The van der Waals surface area contributed by atoms with Gasteiger partial charge in [0.25, 0.3) is 0 Å². The summed E-state index contributed by atoms with van der Waals surface area (Å²) < 4.78 is 0. The number of hydrogen-bond donors (Lipinski definition) is 1. The van der Waals surface area contributed by atoms with Crippen molar-refractivity contribution in [2.75, 3.05) is 6.54 Å². The SMILES string of the molecule is CC1CN=C(NC2CCC2C)S1. The second kappa shape index (κ2) is 3.29. The highest BCUT2D eigenvalue weighted by Crippen LogP contribution is 2.28. The Hall–Kier alpha value is -0.180. The quantitative estimate of drug-likeness (QED) is 0.672. The van der Waals surface area contributed by atoms with Crippen LogP contribution in [0.25, 0.3) is 0 Å². The summed E-state index contributed by atoms with van der Waals surface area (Å²) in [6, 6.07) is 0.710. The average Bonchev–Trinajstić information content (AvgIpc) is 2.44. The molecular weight excluding hydrogens is 168 g/mol. The second-order valence-corrected chi connectivity index (χ2v) is 5.31. The molecule has 2 rings (SSSR count). The van der Waals surface area contributed by atoms with Crippen LogP contribution in [-0.2, 0) is 0 Å². The van der Waals surface area contributed by atoms with E-state index < -0.39 is 0 Å². The lowest BCUT2D eigenvalue weighted by Gasteiger charge is -2.34. The molecule has 0 saturated heterocycles. The van der Waals surface area contributed by atoms with Crippen LogP contribution in [0.4, 0.5) is 0 Å². The summed E-state index contributed by atoms with van der Waals surface area (Å²) in [5.74, 6) is 0.851. The lowest BCUT2D eigenvalue weighted by Crippen LogP contribution is -2.44. The Labute approximate surface area is 78.2 Å². The molecule has 0 bridgehead atoms. The van der Waals surface area contributed by atoms with Crippen molar-refractivity contribution in [1.82, 2.24) is 5.32 Å². The first-order valence-electron chi connectivity index (χ1n) is 4.73. The standard InChI is InChI=1S/C9H16N2S/c1-6-3-4-8(6)11-9-10-5-7(2)12-9/h6-8H,3-5H2,1-2H3,(H,10,11). The summed E-state index contributed by atoms with van der Waals surface area (Å²) in [5.41, 5.74) is 0. The van der Waals surface area contributed by atoms with E-state index in [9.17, 15) is 0 Å². The molecule has 3 unspecified atom stereocenters. The minimum absolute atomic E-state index is 0.683. The summed E-state index contributed by atoms with van der Waals surface area (Å²) >= 11 is 1.88. The maximum absolute atomic E-state index is 4.44. The van der Waals surface area contributed by atoms with Gasteiger partial charge in [0, 0.05) is 11.3 Å². The summed E-state index contributed by atoms with van der Waals surface area (Å²) in [5, 5.41) is 5.37. The Bertz CT molecular complexity index is 203. The van der Waals surface area contributed by atoms with Crippen LogP contribution in [0.1, 0.15) is 26.7 Å². The Balaban J connectivity index is 1.80. The third-order valence-corrected chi connectivity index (χ3v) is 3.76. The van der Waals surface area contributed by atoms with Crippen molar-refractivity contribution < 1.29 is 0 Å². The third kappa shape index (κ3) is 1.60. The van der Waals surface area contributed by atoms with Crippen LogP contribution in [0.3, 0.4) is 0 Å². The van der Waals surface area contributed by atoms with Gasteiger partial charge in [-0.3, -0.25) is 4.99 Å². The number of rotatable bonds is 1. The average molecular weight is 184 g/mol. The largest absolute Gasteiger partial charge is 0.362 e. The summed E-state index contributed by atoms with van der Waals surface area (Å²) in [6.45, 7) is 5.53. The molecule has 0 aromatic rings. The van der Waals surface area contributed by atoms with Crippen LogP contribution in [-0.4, -0.2) is 23.0 Å². The van der Waals surface area contributed by atoms with E-state index in [1.165, 1.54) is 18.0 Å². The van der Waals surface area contributed by atoms with E-state index in [4.69, 9.17) is 0 Å². The predicted molar refractivity (Wildman–Crippen MR) is 54.7 cm³/mol. The van der Waals surface area contributed by atoms with Crippen LogP contribution >= 0.6 is 11.8 Å². The molecule has 1 aliphatic carbocycles. The van der Waals surface area contributed by atoms with E-state index in [2.05, 4.69) is 24.2 Å². The molecule has 0 aromatic carbocycles. The van der Waals surface area contributed by atoms with Crippen LogP contribution in [0.2, 0.25) is 0 Å². The first-order chi connectivity index (χ1) is 5.75. The molecule has 0 aromatic heterocycles. The summed E-state index contributed by atoms with van der Waals surface area (Å²) in [4.78, 5) is 4.44. The summed E-state index contributed by atoms with van der Waals surface area (Å²) in [6.07, 6.45) is 2.71. The fourth-order valence-electron chi connectivity index (χ4n) is 1.60. The van der Waals surface area contributed by atoms with E-state index in [-0.39, 0.29) is 0 Å². The zero-order valence-corrected chi connectivity index (χ0v) is 8.53. The van der Waals surface area contributed by atoms with Gasteiger partial charge in [-0.15, -0.1) is 0 Å². The molecule has 3 atom stereocenters. The molecule has 1 heterocycles. The van der Waals surface area contributed by atoms with Crippen LogP contribution in [0.5, 0.6) is 0 Å². The normalized spacial score (nSPS) is 40.5. The van der Waals surface area contributed by atoms with Gasteiger partial charge < -0.3 is 5.32 Å². The highest BCUT2D eigenvalue weighted by Gasteiger charge is 2.28. The molecule has 2 nitrogen and oxygen atoms in total. The van der Waals surface area contributed by atoms with Gasteiger partial charge in [0.2, 0.25) is 0 Å². The van der Waals surface area contributed by atoms with Gasteiger partial charge in [-0.1, -0.05) is 25.6 Å². The van der Waals surface area contributed by atoms with E-state index >= 15 is 0 Å². The van der Waals surface area contributed by atoms with Gasteiger partial charge >= 0.3 is 0 Å². The van der Waals surface area contributed by atoms with Gasteiger partial charge in [-0.2, -0.15) is 0 Å². The molecule has 0 radical (unpaired) electrons. The Morgan fingerprint density at radius 3 is 2.67 bits per heavy atom. The monoisotopic (exact) mass is 184 g/mol. The van der Waals surface area contributed by atoms with Gasteiger partial charge in [-0.25, -0.2) is 0 Å². The fraction of sp³-hybridized carbons (Fsp3) is 0.889. The smallest absolute Gasteiger partial charge is 0.157 e. The molecule has 2 aliphatic rings. The van der Waals surface area contributed by atoms with Crippen molar-refractivity contribution in [3.8, 4) is 0 Å². The molecule has 1 saturated carbocycles. The molecule has 0 amide bonds. The zero-order valence-electron chi connectivity index (χ0n) is 7.71. The van der Waals surface area contributed by atoms with Crippen LogP contribution in [0, 0.1) is 5.92 Å². The van der Waals surface area contributed by atoms with Gasteiger partial charge in [0.15, 0.2) is 5.17 Å². The predicted octanol–water partition coefficient (Wildman–Crippen LogP) is 1.87. The molecule has 1 fully saturated rings. The highest BCUT2D eigenvalue weighted by atomic mass is 32.2. The number of nitrogens with one attached hydrogen (secondary N) is 1. The molecule has 1 N–H and O–H groups in total. The number of nitrogens with zero attached hydrogens (tertiary/aromatic N) is 1. The minimum Gasteiger partial charge on any atom is -0.362 e. The van der Waals surface area contributed by atoms with Crippen molar-refractivity contribution in [1.29, 1.82) is 0 Å². The molecule has 0 spiro atoms. The van der Waals surface area contributed by atoms with Crippen molar-refractivity contribution >= 4 is 16.9 Å². The van der Waals surface area contributed by atoms with Crippen molar-refractivity contribution in [3.63, 3.8) is 0 Å². The third-order valence-electron chi connectivity index (χ3n) is 2.73. The van der Waals surface area contributed by atoms with E-state index in [0.29, 0.717) is 11.3 Å². The maximum atomic E-state index is 4.44. The fourth-order valence-corrected chi connectivity index (χ4v) is 2.49. The van der Waals surface area contributed by atoms with E-state index in [0.717, 1.165) is 12.5 Å². The summed E-state index contributed by atoms with van der Waals surface area (Å²) in [7, 11) is 0. The number of thioether (sulfide) groups is 1. The van der Waals surface area contributed by atoms with E-state index in [1.807, 2.05) is 11.8 Å². The minimum atomic E-state index is 0.683. The Morgan fingerprint density at radius 2 is 2.25 bits per heavy atom.